The Bertz CT molecular complexity index is 319. The Morgan fingerprint density at radius 1 is 1.29 bits per heavy atom. The Hall–Kier alpha value is -0.590. The highest BCUT2D eigenvalue weighted by Crippen LogP contribution is 2.18. The number of carbonyl (C=O) groups is 2. The van der Waals surface area contributed by atoms with E-state index in [9.17, 15) is 9.59 Å². The van der Waals surface area contributed by atoms with Crippen molar-refractivity contribution in [2.24, 2.45) is 5.92 Å². The predicted molar refractivity (Wildman–Crippen MR) is 84.4 cm³/mol. The first-order valence-corrected chi connectivity index (χ1v) is 8.72. The van der Waals surface area contributed by atoms with Gasteiger partial charge in [-0.3, -0.25) is 14.5 Å². The fraction of sp³-hybridized carbons (Fsp3) is 0.867. The molecule has 21 heavy (non-hydrogen) atoms. The van der Waals surface area contributed by atoms with Crippen LogP contribution in [-0.4, -0.2) is 61.2 Å². The third-order valence-electron chi connectivity index (χ3n) is 3.52. The van der Waals surface area contributed by atoms with E-state index in [-0.39, 0.29) is 17.0 Å². The minimum absolute atomic E-state index is 0.0853. The lowest BCUT2D eigenvalue weighted by Crippen LogP contribution is -2.37. The number of thioether (sulfide) groups is 1. The average molecular weight is 317 g/mol. The van der Waals surface area contributed by atoms with Crippen LogP contribution in [0.15, 0.2) is 0 Å². The maximum atomic E-state index is 12.0. The Kier molecular flexibility index (Phi) is 9.70. The van der Waals surface area contributed by atoms with Gasteiger partial charge >= 0.3 is 5.97 Å². The van der Waals surface area contributed by atoms with Crippen molar-refractivity contribution in [3.8, 4) is 0 Å². The zero-order valence-corrected chi connectivity index (χ0v) is 14.0. The van der Waals surface area contributed by atoms with E-state index in [4.69, 9.17) is 9.47 Å². The zero-order chi connectivity index (χ0) is 15.5. The molecule has 0 aromatic heterocycles. The van der Waals surface area contributed by atoms with E-state index in [1.54, 1.807) is 6.92 Å². The SMILES string of the molecule is CCOC(=O)[C@H](CCCN1CCOCC1)CCSC(C)=O. The topological polar surface area (TPSA) is 55.8 Å². The van der Waals surface area contributed by atoms with Crippen LogP contribution in [0.5, 0.6) is 0 Å². The van der Waals surface area contributed by atoms with E-state index >= 15 is 0 Å². The summed E-state index contributed by atoms with van der Waals surface area (Å²) in [6, 6.07) is 0. The summed E-state index contributed by atoms with van der Waals surface area (Å²) < 4.78 is 10.5. The van der Waals surface area contributed by atoms with Crippen molar-refractivity contribution in [3.05, 3.63) is 0 Å². The summed E-state index contributed by atoms with van der Waals surface area (Å²) in [4.78, 5) is 25.3. The van der Waals surface area contributed by atoms with Crippen LogP contribution >= 0.6 is 11.8 Å². The third kappa shape index (κ3) is 8.44. The summed E-state index contributed by atoms with van der Waals surface area (Å²) in [6.07, 6.45) is 2.52. The maximum absolute atomic E-state index is 12.0. The number of hydrogen-bond acceptors (Lipinski definition) is 6. The molecule has 1 saturated heterocycles. The van der Waals surface area contributed by atoms with Gasteiger partial charge in [0.15, 0.2) is 5.12 Å². The molecule has 0 aliphatic carbocycles. The fourth-order valence-electron chi connectivity index (χ4n) is 2.37. The molecule has 6 heteroatoms. The summed E-state index contributed by atoms with van der Waals surface area (Å²) >= 11 is 1.28. The van der Waals surface area contributed by atoms with E-state index < -0.39 is 0 Å². The molecule has 122 valence electrons. The van der Waals surface area contributed by atoms with E-state index in [1.807, 2.05) is 6.92 Å². The van der Waals surface area contributed by atoms with Crippen LogP contribution in [0.2, 0.25) is 0 Å². The minimum atomic E-state index is -0.122. The molecule has 0 spiro atoms. The molecule has 0 saturated carbocycles. The normalized spacial score (nSPS) is 17.4. The van der Waals surface area contributed by atoms with Crippen LogP contribution in [0.3, 0.4) is 0 Å². The van der Waals surface area contributed by atoms with Crippen LogP contribution in [0.4, 0.5) is 0 Å². The summed E-state index contributed by atoms with van der Waals surface area (Å²) in [5, 5.41) is 0.103. The highest BCUT2D eigenvalue weighted by Gasteiger charge is 2.20. The molecule has 1 rings (SSSR count). The van der Waals surface area contributed by atoms with Gasteiger partial charge in [0.1, 0.15) is 0 Å². The Morgan fingerprint density at radius 2 is 2.00 bits per heavy atom. The molecule has 1 heterocycles. The number of ether oxygens (including phenoxy) is 2. The molecule has 0 aromatic rings. The second-order valence-corrected chi connectivity index (χ2v) is 6.45. The quantitative estimate of drug-likeness (QED) is 0.606. The molecule has 1 fully saturated rings. The molecule has 0 bridgehead atoms. The number of carbonyl (C=O) groups excluding carboxylic acids is 2. The lowest BCUT2D eigenvalue weighted by molar-refractivity contribution is -0.148. The van der Waals surface area contributed by atoms with Gasteiger partial charge in [0, 0.05) is 25.8 Å². The monoisotopic (exact) mass is 317 g/mol. The number of hydrogen-bond donors (Lipinski definition) is 0. The van der Waals surface area contributed by atoms with Crippen LogP contribution in [0.25, 0.3) is 0 Å². The van der Waals surface area contributed by atoms with Crippen molar-refractivity contribution in [2.45, 2.75) is 33.1 Å². The molecule has 0 amide bonds. The van der Waals surface area contributed by atoms with Gasteiger partial charge in [0.25, 0.3) is 0 Å². The lowest BCUT2D eigenvalue weighted by Gasteiger charge is -2.27. The fourth-order valence-corrected chi connectivity index (χ4v) is 3.06. The van der Waals surface area contributed by atoms with Gasteiger partial charge in [-0.05, 0) is 32.7 Å². The second kappa shape index (κ2) is 11.0. The summed E-state index contributed by atoms with van der Waals surface area (Å²) in [6.45, 7) is 8.36. The van der Waals surface area contributed by atoms with Crippen molar-refractivity contribution in [3.63, 3.8) is 0 Å². The summed E-state index contributed by atoms with van der Waals surface area (Å²) in [5.41, 5.74) is 0. The molecule has 1 aliphatic rings. The standard InChI is InChI=1S/C15H27NO4S/c1-3-20-15(18)14(6-12-21-13(2)17)5-4-7-16-8-10-19-11-9-16/h14H,3-12H2,1-2H3/t14-/m1/s1. The average Bonchev–Trinajstić information content (AvgIpc) is 2.46. The Balaban J connectivity index is 2.29. The highest BCUT2D eigenvalue weighted by atomic mass is 32.2. The van der Waals surface area contributed by atoms with Crippen molar-refractivity contribution >= 4 is 22.8 Å². The first kappa shape index (κ1) is 18.5. The predicted octanol–water partition coefficient (Wildman–Crippen LogP) is 1.95. The zero-order valence-electron chi connectivity index (χ0n) is 13.1. The van der Waals surface area contributed by atoms with Crippen molar-refractivity contribution in [2.75, 3.05) is 45.2 Å². The smallest absolute Gasteiger partial charge is 0.308 e. The number of esters is 1. The molecule has 1 atom stereocenters. The van der Waals surface area contributed by atoms with Crippen molar-refractivity contribution < 1.29 is 19.1 Å². The molecule has 0 unspecified atom stereocenters. The van der Waals surface area contributed by atoms with Gasteiger partial charge in [-0.15, -0.1) is 0 Å². The van der Waals surface area contributed by atoms with E-state index in [0.29, 0.717) is 18.8 Å². The van der Waals surface area contributed by atoms with Crippen LogP contribution in [-0.2, 0) is 19.1 Å². The van der Waals surface area contributed by atoms with E-state index in [2.05, 4.69) is 4.90 Å². The molecular formula is C15H27NO4S. The molecule has 0 N–H and O–H groups in total. The van der Waals surface area contributed by atoms with Crippen molar-refractivity contribution in [1.29, 1.82) is 0 Å². The number of nitrogens with zero attached hydrogens (tertiary/aromatic N) is 1. The van der Waals surface area contributed by atoms with E-state index in [0.717, 1.165) is 45.7 Å². The lowest BCUT2D eigenvalue weighted by atomic mass is 10.0. The first-order chi connectivity index (χ1) is 10.1. The van der Waals surface area contributed by atoms with Gasteiger partial charge in [-0.25, -0.2) is 0 Å². The van der Waals surface area contributed by atoms with Gasteiger partial charge in [-0.1, -0.05) is 11.8 Å². The van der Waals surface area contributed by atoms with Crippen LogP contribution < -0.4 is 0 Å². The molecule has 5 nitrogen and oxygen atoms in total. The Labute approximate surface area is 131 Å². The number of morpholine rings is 1. The molecular weight excluding hydrogens is 290 g/mol. The van der Waals surface area contributed by atoms with Crippen molar-refractivity contribution in [1.82, 2.24) is 4.90 Å². The molecule has 1 aliphatic heterocycles. The first-order valence-electron chi connectivity index (χ1n) is 7.73. The summed E-state index contributed by atoms with van der Waals surface area (Å²) in [5.74, 6) is 0.484. The minimum Gasteiger partial charge on any atom is -0.466 e. The molecule has 0 radical (unpaired) electrons. The Morgan fingerprint density at radius 3 is 2.62 bits per heavy atom. The third-order valence-corrected chi connectivity index (χ3v) is 4.37. The van der Waals surface area contributed by atoms with Gasteiger partial charge in [-0.2, -0.15) is 0 Å². The van der Waals surface area contributed by atoms with Crippen LogP contribution in [0, 0.1) is 5.92 Å². The van der Waals surface area contributed by atoms with Gasteiger partial charge in [0.05, 0.1) is 25.7 Å². The van der Waals surface area contributed by atoms with Gasteiger partial charge < -0.3 is 9.47 Å². The highest BCUT2D eigenvalue weighted by molar-refractivity contribution is 8.13. The largest absolute Gasteiger partial charge is 0.466 e. The van der Waals surface area contributed by atoms with Crippen LogP contribution in [0.1, 0.15) is 33.1 Å². The number of rotatable bonds is 9. The molecule has 0 aromatic carbocycles. The van der Waals surface area contributed by atoms with E-state index in [1.165, 1.54) is 11.8 Å². The summed E-state index contributed by atoms with van der Waals surface area (Å²) in [7, 11) is 0. The second-order valence-electron chi connectivity index (χ2n) is 5.17. The van der Waals surface area contributed by atoms with Gasteiger partial charge in [0.2, 0.25) is 0 Å². The maximum Gasteiger partial charge on any atom is 0.308 e.